The minimum Gasteiger partial charge on any atom is -0.483 e. The maximum absolute atomic E-state index is 13.6. The Bertz CT molecular complexity index is 1730. The molecule has 0 amide bonds. The average molecular weight is 643 g/mol. The Balaban J connectivity index is 0.00000154. The van der Waals surface area contributed by atoms with Crippen molar-refractivity contribution < 1.29 is 37.1 Å². The van der Waals surface area contributed by atoms with Crippen LogP contribution in [-0.2, 0) is 27.0 Å². The Hall–Kier alpha value is -4.94. The smallest absolute Gasteiger partial charge is 0.416 e. The van der Waals surface area contributed by atoms with Gasteiger partial charge in [0.1, 0.15) is 12.6 Å². The van der Waals surface area contributed by atoms with Crippen LogP contribution in [0, 0.1) is 11.3 Å². The topological polar surface area (TPSA) is 153 Å². The van der Waals surface area contributed by atoms with Crippen LogP contribution in [0.1, 0.15) is 48.1 Å². The summed E-state index contributed by atoms with van der Waals surface area (Å²) >= 11 is 0. The van der Waals surface area contributed by atoms with E-state index >= 15 is 0 Å². The van der Waals surface area contributed by atoms with E-state index in [1.165, 1.54) is 28.7 Å². The summed E-state index contributed by atoms with van der Waals surface area (Å²) in [6.07, 6.45) is -2.68. The van der Waals surface area contributed by atoms with Gasteiger partial charge in [-0.15, -0.1) is 5.10 Å². The number of ether oxygens (including phenoxy) is 1. The van der Waals surface area contributed by atoms with Crippen LogP contribution in [0.25, 0.3) is 0 Å². The monoisotopic (exact) mass is 642 g/mol. The van der Waals surface area contributed by atoms with E-state index in [1.54, 1.807) is 25.1 Å². The lowest BCUT2D eigenvalue weighted by molar-refractivity contribution is -0.929. The molecule has 0 aliphatic carbocycles. The highest BCUT2D eigenvalue weighted by Crippen LogP contribution is 2.44. The van der Waals surface area contributed by atoms with Gasteiger partial charge in [0.25, 0.3) is 6.47 Å². The van der Waals surface area contributed by atoms with Crippen LogP contribution in [0.3, 0.4) is 0 Å². The van der Waals surface area contributed by atoms with Gasteiger partial charge in [0.15, 0.2) is 0 Å². The van der Waals surface area contributed by atoms with Crippen molar-refractivity contribution in [1.29, 1.82) is 5.26 Å². The number of halogens is 3. The molecule has 3 N–H and O–H groups in total. The number of hydrogen-bond acceptors (Lipinski definition) is 8. The Morgan fingerprint density at radius 1 is 1.22 bits per heavy atom. The Kier molecular flexibility index (Phi) is 10.0. The van der Waals surface area contributed by atoms with Gasteiger partial charge in [-0.05, 0) is 42.8 Å². The number of aromatic amines is 1. The van der Waals surface area contributed by atoms with Crippen molar-refractivity contribution in [1.82, 2.24) is 20.1 Å². The first kappa shape index (κ1) is 33.9. The number of nitrogens with one attached hydrogen (secondary N) is 2. The zero-order valence-electron chi connectivity index (χ0n) is 25.8. The molecule has 2 aliphatic rings. The van der Waals surface area contributed by atoms with Gasteiger partial charge in [-0.25, -0.2) is 19.3 Å². The van der Waals surface area contributed by atoms with Gasteiger partial charge in [-0.3, -0.25) is 9.69 Å². The number of esters is 1. The summed E-state index contributed by atoms with van der Waals surface area (Å²) in [6.45, 7) is 3.63. The van der Waals surface area contributed by atoms with E-state index in [2.05, 4.69) is 35.7 Å². The number of H-pyrrole nitrogens is 1. The number of nitriles is 1. The van der Waals surface area contributed by atoms with E-state index in [1.807, 2.05) is 0 Å². The highest BCUT2D eigenvalue weighted by molar-refractivity contribution is 5.93. The summed E-state index contributed by atoms with van der Waals surface area (Å²) in [5.74, 6) is -0.734. The van der Waals surface area contributed by atoms with Crippen molar-refractivity contribution >= 4 is 24.1 Å². The fraction of sp³-hybridized carbons (Fsp3) is 0.387. The Labute approximate surface area is 262 Å². The van der Waals surface area contributed by atoms with Crippen LogP contribution in [0.4, 0.5) is 24.8 Å². The van der Waals surface area contributed by atoms with Crippen molar-refractivity contribution in [2.75, 3.05) is 39.2 Å². The number of alkyl halides is 3. The molecule has 3 heterocycles. The van der Waals surface area contributed by atoms with Gasteiger partial charge in [0.2, 0.25) is 5.95 Å². The third-order valence-electron chi connectivity index (χ3n) is 8.42. The number of hydrogen-bond donors (Lipinski definition) is 3. The first-order valence-electron chi connectivity index (χ1n) is 14.4. The third-order valence-corrected chi connectivity index (χ3v) is 8.42. The molecule has 0 unspecified atom stereocenters. The SMILES string of the molecule is COC(=O)C1=C(C)N(c2cccc(C(F)(F)F)c2)c2n[nH]c(=O)n2[C@@H]1c1ccc(C#N)cc1C[N+](C)(C)C1CCNCC1.O=CO. The number of quaternary nitrogens is 1. The van der Waals surface area contributed by atoms with Gasteiger partial charge in [0.05, 0.1) is 50.0 Å². The molecule has 3 aromatic rings. The summed E-state index contributed by atoms with van der Waals surface area (Å²) < 4.78 is 48.0. The third kappa shape index (κ3) is 6.68. The molecule has 5 rings (SSSR count). The fourth-order valence-electron chi connectivity index (χ4n) is 6.23. The highest BCUT2D eigenvalue weighted by atomic mass is 19.4. The van der Waals surface area contributed by atoms with Crippen molar-refractivity contribution in [3.05, 3.63) is 86.5 Å². The van der Waals surface area contributed by atoms with E-state index in [4.69, 9.17) is 14.6 Å². The van der Waals surface area contributed by atoms with Gasteiger partial charge in [0, 0.05) is 42.9 Å². The van der Waals surface area contributed by atoms with Gasteiger partial charge in [-0.1, -0.05) is 12.1 Å². The molecule has 0 spiro atoms. The molecule has 0 bridgehead atoms. The number of fused-ring (bicyclic) bond motifs is 1. The van der Waals surface area contributed by atoms with Crippen molar-refractivity contribution in [2.24, 2.45) is 0 Å². The lowest BCUT2D eigenvalue weighted by Crippen LogP contribution is -2.52. The summed E-state index contributed by atoms with van der Waals surface area (Å²) in [5, 5.41) is 26.6. The first-order valence-corrected chi connectivity index (χ1v) is 14.4. The molecule has 2 aromatic carbocycles. The predicted octanol–water partition coefficient (Wildman–Crippen LogP) is 3.68. The number of carbonyl (C=O) groups excluding carboxylic acids is 1. The maximum Gasteiger partial charge on any atom is 0.416 e. The normalized spacial score (nSPS) is 17.0. The van der Waals surface area contributed by atoms with Crippen LogP contribution in [0.2, 0.25) is 0 Å². The highest BCUT2D eigenvalue weighted by Gasteiger charge is 2.42. The van der Waals surface area contributed by atoms with E-state index in [-0.39, 0.29) is 29.4 Å². The van der Waals surface area contributed by atoms with E-state index in [0.717, 1.165) is 43.6 Å². The maximum atomic E-state index is 13.6. The predicted molar refractivity (Wildman–Crippen MR) is 161 cm³/mol. The molecule has 0 saturated carbocycles. The number of nitrogens with zero attached hydrogens (tertiary/aromatic N) is 5. The zero-order valence-corrected chi connectivity index (χ0v) is 25.8. The van der Waals surface area contributed by atoms with Gasteiger partial charge >= 0.3 is 17.8 Å². The molecule has 46 heavy (non-hydrogen) atoms. The standard InChI is InChI=1S/C30H32F3N7O3.CH2O2/c1-18-25(27(41)43-4)26(24-9-8-19(16-34)14-20(24)17-40(2,3)23-10-12-35-13-11-23)39-28(36-37-29(39)42)38(18)22-7-5-6-21(15-22)30(31,32)33;2-1-3/h5-9,14-15,23,26,35H,10-13,17H2,1-4H3;1H,(H,2,3)/p+1/t26-;/m1./s1. The molecule has 12 nitrogen and oxygen atoms in total. The van der Waals surface area contributed by atoms with E-state index < -0.39 is 29.4 Å². The number of benzene rings is 2. The molecule has 244 valence electrons. The zero-order chi connectivity index (χ0) is 33.8. The van der Waals surface area contributed by atoms with Gasteiger partial charge in [-0.2, -0.15) is 18.4 Å². The molecule has 1 fully saturated rings. The molecule has 0 radical (unpaired) electrons. The number of allylic oxidation sites excluding steroid dienone is 1. The molecule has 1 atom stereocenters. The summed E-state index contributed by atoms with van der Waals surface area (Å²) in [5.41, 5.74) is 0.603. The molecule has 1 aromatic heterocycles. The quantitative estimate of drug-likeness (QED) is 0.208. The van der Waals surface area contributed by atoms with E-state index in [0.29, 0.717) is 28.2 Å². The van der Waals surface area contributed by atoms with Crippen molar-refractivity contribution in [3.63, 3.8) is 0 Å². The first-order chi connectivity index (χ1) is 21.8. The number of aromatic nitrogens is 3. The summed E-state index contributed by atoms with van der Waals surface area (Å²) in [7, 11) is 5.44. The lowest BCUT2D eigenvalue weighted by atomic mass is 9.89. The van der Waals surface area contributed by atoms with Crippen LogP contribution in [-0.4, -0.2) is 77.1 Å². The minimum absolute atomic E-state index is 0.0156. The molecular formula is C31H35F3N7O5+. The number of carboxylic acid groups (broad SMARTS) is 1. The number of rotatable bonds is 6. The Morgan fingerprint density at radius 2 is 1.89 bits per heavy atom. The van der Waals surface area contributed by atoms with Crippen molar-refractivity contribution in [3.8, 4) is 6.07 Å². The van der Waals surface area contributed by atoms with Crippen molar-refractivity contribution in [2.45, 2.75) is 44.6 Å². The molecular weight excluding hydrogens is 607 g/mol. The fourth-order valence-corrected chi connectivity index (χ4v) is 6.23. The molecule has 2 aliphatic heterocycles. The lowest BCUT2D eigenvalue weighted by Gasteiger charge is -2.41. The Morgan fingerprint density at radius 3 is 2.50 bits per heavy atom. The minimum atomic E-state index is -4.61. The summed E-state index contributed by atoms with van der Waals surface area (Å²) in [6, 6.07) is 11.2. The average Bonchev–Trinajstić information content (AvgIpc) is 3.41. The number of methoxy groups -OCH3 is 1. The molecule has 15 heteroatoms. The number of piperidine rings is 1. The van der Waals surface area contributed by atoms with Crippen LogP contribution >= 0.6 is 0 Å². The number of carbonyl (C=O) groups is 2. The number of anilines is 2. The van der Waals surface area contributed by atoms with E-state index in [9.17, 15) is 28.0 Å². The van der Waals surface area contributed by atoms with Crippen LogP contribution in [0.15, 0.2) is 58.5 Å². The van der Waals surface area contributed by atoms with Crippen LogP contribution in [0.5, 0.6) is 0 Å². The van der Waals surface area contributed by atoms with Crippen LogP contribution < -0.4 is 15.9 Å². The largest absolute Gasteiger partial charge is 0.483 e. The summed E-state index contributed by atoms with van der Waals surface area (Å²) in [4.78, 5) is 36.6. The van der Waals surface area contributed by atoms with Gasteiger partial charge < -0.3 is 19.6 Å². The molecule has 1 saturated heterocycles. The second-order valence-corrected chi connectivity index (χ2v) is 11.5. The second kappa shape index (κ2) is 13.6. The second-order valence-electron chi connectivity index (χ2n) is 11.5.